The van der Waals surface area contributed by atoms with Gasteiger partial charge in [0.15, 0.2) is 0 Å². The number of nitrogens with one attached hydrogen (secondary N) is 1. The molecule has 1 fully saturated rings. The maximum absolute atomic E-state index is 11.3. The van der Waals surface area contributed by atoms with Crippen LogP contribution in [0.1, 0.15) is 19.8 Å². The van der Waals surface area contributed by atoms with E-state index in [1.165, 1.54) is 6.33 Å². The summed E-state index contributed by atoms with van der Waals surface area (Å²) in [6.07, 6.45) is 3.20. The Bertz CT molecular complexity index is 437. The van der Waals surface area contributed by atoms with Gasteiger partial charge in [0.1, 0.15) is 18.0 Å². The van der Waals surface area contributed by atoms with Crippen LogP contribution in [-0.2, 0) is 4.79 Å². The van der Waals surface area contributed by atoms with Crippen LogP contribution in [0.25, 0.3) is 0 Å². The molecular weight excluding hydrogens is 232 g/mol. The molecule has 0 spiro atoms. The fraction of sp³-hybridized carbons (Fsp3) is 0.545. The molecule has 0 bridgehead atoms. The Hall–Kier alpha value is -1.89. The van der Waals surface area contributed by atoms with Crippen LogP contribution in [0.15, 0.2) is 12.4 Å². The van der Waals surface area contributed by atoms with Crippen molar-refractivity contribution >= 4 is 17.5 Å². The molecule has 5 N–H and O–H groups in total. The summed E-state index contributed by atoms with van der Waals surface area (Å²) in [6.45, 7) is 2.70. The van der Waals surface area contributed by atoms with E-state index >= 15 is 0 Å². The van der Waals surface area contributed by atoms with Gasteiger partial charge in [-0.2, -0.15) is 0 Å². The Balaban J connectivity index is 2.21. The second-order valence-corrected chi connectivity index (χ2v) is 4.58. The van der Waals surface area contributed by atoms with Gasteiger partial charge < -0.3 is 16.1 Å². The standard InChI is InChI=1S/C11H18N6O/c1-7-2-3-8(11(12)18)5-17(7)10-4-9(16-13)14-6-15-10/h4,6-8H,2-3,5,13H2,1H3,(H2,12,18)(H,14,15,16). The molecule has 1 saturated heterocycles. The van der Waals surface area contributed by atoms with Gasteiger partial charge in [-0.1, -0.05) is 0 Å². The molecule has 2 unspecified atom stereocenters. The summed E-state index contributed by atoms with van der Waals surface area (Å²) in [6, 6.07) is 2.08. The van der Waals surface area contributed by atoms with E-state index in [1.54, 1.807) is 6.07 Å². The van der Waals surface area contributed by atoms with Crippen molar-refractivity contribution in [2.75, 3.05) is 16.9 Å². The van der Waals surface area contributed by atoms with Gasteiger partial charge >= 0.3 is 0 Å². The van der Waals surface area contributed by atoms with Crippen molar-refractivity contribution < 1.29 is 4.79 Å². The van der Waals surface area contributed by atoms with Crippen LogP contribution in [-0.4, -0.2) is 28.5 Å². The van der Waals surface area contributed by atoms with Crippen molar-refractivity contribution in [1.29, 1.82) is 0 Å². The minimum absolute atomic E-state index is 0.120. The minimum atomic E-state index is -0.252. The molecule has 7 nitrogen and oxygen atoms in total. The summed E-state index contributed by atoms with van der Waals surface area (Å²) >= 11 is 0. The number of amides is 1. The third-order valence-electron chi connectivity index (χ3n) is 3.38. The normalized spacial score (nSPS) is 23.8. The van der Waals surface area contributed by atoms with Gasteiger partial charge in [-0.3, -0.25) is 4.79 Å². The monoisotopic (exact) mass is 250 g/mol. The molecule has 98 valence electrons. The van der Waals surface area contributed by atoms with Crippen LogP contribution >= 0.6 is 0 Å². The highest BCUT2D eigenvalue weighted by atomic mass is 16.1. The van der Waals surface area contributed by atoms with Gasteiger partial charge in [0, 0.05) is 18.7 Å². The first kappa shape index (κ1) is 12.6. The van der Waals surface area contributed by atoms with Crippen molar-refractivity contribution in [3.8, 4) is 0 Å². The molecule has 0 saturated carbocycles. The predicted octanol–water partition coefficient (Wildman–Crippen LogP) is -0.148. The average molecular weight is 250 g/mol. The average Bonchev–Trinajstić information content (AvgIpc) is 2.39. The molecule has 1 amide bonds. The lowest BCUT2D eigenvalue weighted by Crippen LogP contribution is -2.46. The number of nitrogen functional groups attached to an aromatic ring is 1. The molecule has 1 aromatic rings. The molecule has 0 aliphatic carbocycles. The zero-order chi connectivity index (χ0) is 13.1. The van der Waals surface area contributed by atoms with Crippen molar-refractivity contribution in [2.24, 2.45) is 17.5 Å². The minimum Gasteiger partial charge on any atom is -0.369 e. The number of hydrogen-bond acceptors (Lipinski definition) is 6. The molecule has 2 heterocycles. The molecular formula is C11H18N6O. The van der Waals surface area contributed by atoms with Gasteiger partial charge in [-0.15, -0.1) is 0 Å². The van der Waals surface area contributed by atoms with E-state index < -0.39 is 0 Å². The Morgan fingerprint density at radius 3 is 2.94 bits per heavy atom. The number of hydrazine groups is 1. The van der Waals surface area contributed by atoms with Crippen molar-refractivity contribution in [3.05, 3.63) is 12.4 Å². The molecule has 18 heavy (non-hydrogen) atoms. The lowest BCUT2D eigenvalue weighted by molar-refractivity contribution is -0.122. The van der Waals surface area contributed by atoms with E-state index in [1.807, 2.05) is 0 Å². The molecule has 1 aliphatic rings. The number of aromatic nitrogens is 2. The number of anilines is 2. The van der Waals surface area contributed by atoms with Gasteiger partial charge in [-0.25, -0.2) is 15.8 Å². The third kappa shape index (κ3) is 2.51. The van der Waals surface area contributed by atoms with E-state index in [-0.39, 0.29) is 11.8 Å². The van der Waals surface area contributed by atoms with E-state index in [4.69, 9.17) is 11.6 Å². The molecule has 7 heteroatoms. The smallest absolute Gasteiger partial charge is 0.222 e. The zero-order valence-corrected chi connectivity index (χ0v) is 10.3. The Morgan fingerprint density at radius 1 is 1.50 bits per heavy atom. The number of primary amides is 1. The quantitative estimate of drug-likeness (QED) is 0.508. The lowest BCUT2D eigenvalue weighted by Gasteiger charge is -2.37. The Kier molecular flexibility index (Phi) is 3.61. The van der Waals surface area contributed by atoms with Crippen LogP contribution in [0.5, 0.6) is 0 Å². The third-order valence-corrected chi connectivity index (χ3v) is 3.38. The van der Waals surface area contributed by atoms with Crippen LogP contribution in [0.2, 0.25) is 0 Å². The summed E-state index contributed by atoms with van der Waals surface area (Å²) in [5.74, 6) is 6.26. The van der Waals surface area contributed by atoms with Crippen LogP contribution in [0.3, 0.4) is 0 Å². The highest BCUT2D eigenvalue weighted by Gasteiger charge is 2.29. The Labute approximate surface area is 106 Å². The van der Waals surface area contributed by atoms with Crippen molar-refractivity contribution in [2.45, 2.75) is 25.8 Å². The summed E-state index contributed by atoms with van der Waals surface area (Å²) in [4.78, 5) is 21.6. The Morgan fingerprint density at radius 2 is 2.28 bits per heavy atom. The maximum atomic E-state index is 11.3. The second kappa shape index (κ2) is 5.18. The van der Waals surface area contributed by atoms with Crippen molar-refractivity contribution in [3.63, 3.8) is 0 Å². The van der Waals surface area contributed by atoms with Crippen LogP contribution in [0.4, 0.5) is 11.6 Å². The van der Waals surface area contributed by atoms with Gasteiger partial charge in [0.2, 0.25) is 5.91 Å². The van der Waals surface area contributed by atoms with Crippen LogP contribution in [0, 0.1) is 5.92 Å². The zero-order valence-electron chi connectivity index (χ0n) is 10.3. The molecule has 0 radical (unpaired) electrons. The topological polar surface area (TPSA) is 110 Å². The number of carbonyl (C=O) groups excluding carboxylic acids is 1. The predicted molar refractivity (Wildman–Crippen MR) is 68.6 cm³/mol. The number of nitrogens with zero attached hydrogens (tertiary/aromatic N) is 3. The summed E-state index contributed by atoms with van der Waals surface area (Å²) in [5.41, 5.74) is 7.86. The SMILES string of the molecule is CC1CCC(C(N)=O)CN1c1cc(NN)ncn1. The first-order chi connectivity index (χ1) is 8.61. The van der Waals surface area contributed by atoms with Crippen molar-refractivity contribution in [1.82, 2.24) is 9.97 Å². The fourth-order valence-corrected chi connectivity index (χ4v) is 2.24. The van der Waals surface area contributed by atoms with E-state index in [0.29, 0.717) is 18.4 Å². The summed E-state index contributed by atoms with van der Waals surface area (Å²) in [7, 11) is 0. The largest absolute Gasteiger partial charge is 0.369 e. The van der Waals surface area contributed by atoms with E-state index in [2.05, 4.69) is 27.2 Å². The first-order valence-corrected chi connectivity index (χ1v) is 5.96. The van der Waals surface area contributed by atoms with E-state index in [0.717, 1.165) is 18.7 Å². The maximum Gasteiger partial charge on any atom is 0.222 e. The highest BCUT2D eigenvalue weighted by Crippen LogP contribution is 2.26. The van der Waals surface area contributed by atoms with E-state index in [9.17, 15) is 4.79 Å². The number of hydrogen-bond donors (Lipinski definition) is 3. The van der Waals surface area contributed by atoms with Gasteiger partial charge in [-0.05, 0) is 19.8 Å². The molecule has 2 atom stereocenters. The number of rotatable bonds is 3. The van der Waals surface area contributed by atoms with Gasteiger partial charge in [0.05, 0.1) is 5.92 Å². The second-order valence-electron chi connectivity index (χ2n) is 4.58. The molecule has 1 aliphatic heterocycles. The number of carbonyl (C=O) groups is 1. The summed E-state index contributed by atoms with van der Waals surface area (Å²) in [5, 5.41) is 0. The summed E-state index contributed by atoms with van der Waals surface area (Å²) < 4.78 is 0. The fourth-order valence-electron chi connectivity index (χ4n) is 2.24. The molecule has 0 aromatic carbocycles. The molecule has 2 rings (SSSR count). The lowest BCUT2D eigenvalue weighted by atomic mass is 9.93. The van der Waals surface area contributed by atoms with Gasteiger partial charge in [0.25, 0.3) is 0 Å². The molecule has 1 aromatic heterocycles. The number of nitrogens with two attached hydrogens (primary N) is 2. The van der Waals surface area contributed by atoms with Crippen LogP contribution < -0.4 is 21.9 Å². The highest BCUT2D eigenvalue weighted by molar-refractivity contribution is 5.77. The first-order valence-electron chi connectivity index (χ1n) is 5.96. The number of piperidine rings is 1.